The fourth-order valence-electron chi connectivity index (χ4n) is 10.1. The zero-order valence-corrected chi connectivity index (χ0v) is 22.8. The van der Waals surface area contributed by atoms with Crippen LogP contribution in [0.5, 0.6) is 0 Å². The van der Waals surface area contributed by atoms with Gasteiger partial charge < -0.3 is 14.9 Å². The van der Waals surface area contributed by atoms with E-state index in [0.717, 1.165) is 25.7 Å². The Labute approximate surface area is 206 Å². The lowest BCUT2D eigenvalue weighted by Gasteiger charge is -2.63. The first-order valence-electron chi connectivity index (χ1n) is 13.9. The maximum absolute atomic E-state index is 12.8. The third-order valence-electron chi connectivity index (χ3n) is 12.6. The van der Waals surface area contributed by atoms with Gasteiger partial charge in [0.1, 0.15) is 18.0 Å². The van der Waals surface area contributed by atoms with Crippen molar-refractivity contribution < 1.29 is 19.7 Å². The van der Waals surface area contributed by atoms with Crippen LogP contribution >= 0.6 is 0 Å². The standard InChI is InChI=1S/C30H48O4/c1-17(24-23(32)25(33)27(4,5)34-24)18-11-15-30(8)20-9-10-21-26(2,3)22(31)13-14-28(21,6)19(20)12-16-29(18,30)7/h9,17-19,21,23-25,32-33H,10-16H2,1-8H3/t17-,18+,19+,21+,23+,24+,25+,28-,29+,30-/m1/s1. The third-order valence-corrected chi connectivity index (χ3v) is 12.6. The fourth-order valence-corrected chi connectivity index (χ4v) is 10.1. The molecule has 5 rings (SSSR count). The van der Waals surface area contributed by atoms with Crippen LogP contribution in [-0.4, -0.2) is 39.9 Å². The minimum absolute atomic E-state index is 0.145. The highest BCUT2D eigenvalue weighted by Gasteiger charge is 2.66. The number of carbonyl (C=O) groups is 1. The van der Waals surface area contributed by atoms with Gasteiger partial charge in [-0.15, -0.1) is 0 Å². The Balaban J connectivity index is 1.47. The molecule has 4 fully saturated rings. The van der Waals surface area contributed by atoms with E-state index in [9.17, 15) is 15.0 Å². The molecule has 1 heterocycles. The van der Waals surface area contributed by atoms with Crippen molar-refractivity contribution in [3.05, 3.63) is 11.6 Å². The summed E-state index contributed by atoms with van der Waals surface area (Å²) in [7, 11) is 0. The van der Waals surface area contributed by atoms with Gasteiger partial charge in [0.25, 0.3) is 0 Å². The smallest absolute Gasteiger partial charge is 0.138 e. The molecule has 4 aliphatic carbocycles. The van der Waals surface area contributed by atoms with E-state index in [1.165, 1.54) is 19.3 Å². The lowest BCUT2D eigenvalue weighted by Crippen LogP contribution is -2.57. The third kappa shape index (κ3) is 2.97. The van der Waals surface area contributed by atoms with E-state index in [1.54, 1.807) is 5.57 Å². The lowest BCUT2D eigenvalue weighted by atomic mass is 9.41. The van der Waals surface area contributed by atoms with Crippen LogP contribution in [0.25, 0.3) is 0 Å². The molecule has 0 unspecified atom stereocenters. The van der Waals surface area contributed by atoms with E-state index in [0.29, 0.717) is 23.5 Å². The maximum Gasteiger partial charge on any atom is 0.138 e. The number of fused-ring (bicyclic) bond motifs is 5. The Morgan fingerprint density at radius 3 is 2.29 bits per heavy atom. The number of allylic oxidation sites excluding steroid dienone is 2. The number of ketones is 1. The van der Waals surface area contributed by atoms with Crippen molar-refractivity contribution >= 4 is 5.78 Å². The first-order valence-corrected chi connectivity index (χ1v) is 13.9. The molecular weight excluding hydrogens is 424 g/mol. The number of rotatable bonds is 2. The Morgan fingerprint density at radius 2 is 1.68 bits per heavy atom. The average Bonchev–Trinajstić information content (AvgIpc) is 3.15. The van der Waals surface area contributed by atoms with Gasteiger partial charge in [0, 0.05) is 11.8 Å². The average molecular weight is 473 g/mol. The van der Waals surface area contributed by atoms with Crippen LogP contribution in [0.2, 0.25) is 0 Å². The van der Waals surface area contributed by atoms with E-state index in [1.807, 2.05) is 13.8 Å². The molecule has 192 valence electrons. The number of hydrogen-bond donors (Lipinski definition) is 2. The lowest BCUT2D eigenvalue weighted by molar-refractivity contribution is -0.146. The molecule has 1 aliphatic heterocycles. The number of Topliss-reactive ketones (excluding diaryl/α,β-unsaturated/α-hetero) is 1. The van der Waals surface area contributed by atoms with E-state index in [-0.39, 0.29) is 33.7 Å². The number of carbonyl (C=O) groups excluding carboxylic acids is 1. The number of aliphatic hydroxyl groups is 2. The van der Waals surface area contributed by atoms with Gasteiger partial charge in [-0.25, -0.2) is 0 Å². The van der Waals surface area contributed by atoms with Crippen molar-refractivity contribution in [1.29, 1.82) is 0 Å². The summed E-state index contributed by atoms with van der Waals surface area (Å²) in [5.74, 6) is 2.10. The van der Waals surface area contributed by atoms with Gasteiger partial charge in [-0.2, -0.15) is 0 Å². The molecule has 2 N–H and O–H groups in total. The molecule has 3 saturated carbocycles. The quantitative estimate of drug-likeness (QED) is 0.506. The molecule has 4 nitrogen and oxygen atoms in total. The van der Waals surface area contributed by atoms with Crippen molar-refractivity contribution in [3.8, 4) is 0 Å². The minimum Gasteiger partial charge on any atom is -0.388 e. The zero-order valence-electron chi connectivity index (χ0n) is 22.8. The summed E-state index contributed by atoms with van der Waals surface area (Å²) >= 11 is 0. The molecule has 0 radical (unpaired) electrons. The maximum atomic E-state index is 12.8. The highest BCUT2D eigenvalue weighted by Crippen LogP contribution is 2.73. The zero-order chi connectivity index (χ0) is 25.1. The summed E-state index contributed by atoms with van der Waals surface area (Å²) in [6.45, 7) is 17.9. The summed E-state index contributed by atoms with van der Waals surface area (Å²) in [5, 5.41) is 21.5. The molecule has 0 aromatic rings. The number of hydrogen-bond acceptors (Lipinski definition) is 4. The van der Waals surface area contributed by atoms with E-state index in [2.05, 4.69) is 47.6 Å². The van der Waals surface area contributed by atoms with Crippen molar-refractivity contribution in [2.24, 2.45) is 45.3 Å². The van der Waals surface area contributed by atoms with Gasteiger partial charge in [-0.1, -0.05) is 53.2 Å². The Hall–Kier alpha value is -0.710. The van der Waals surface area contributed by atoms with Gasteiger partial charge in [-0.3, -0.25) is 4.79 Å². The van der Waals surface area contributed by atoms with E-state index in [4.69, 9.17) is 4.74 Å². The summed E-state index contributed by atoms with van der Waals surface area (Å²) in [4.78, 5) is 12.8. The highest BCUT2D eigenvalue weighted by molar-refractivity contribution is 5.85. The van der Waals surface area contributed by atoms with Gasteiger partial charge in [0.05, 0.1) is 11.7 Å². The second-order valence-electron chi connectivity index (χ2n) is 14.6. The first-order chi connectivity index (χ1) is 15.6. The van der Waals surface area contributed by atoms with Gasteiger partial charge >= 0.3 is 0 Å². The van der Waals surface area contributed by atoms with Crippen molar-refractivity contribution in [2.45, 2.75) is 124 Å². The van der Waals surface area contributed by atoms with Crippen LogP contribution in [-0.2, 0) is 9.53 Å². The normalized spacial score (nSPS) is 52.4. The predicted octanol–water partition coefficient (Wildman–Crippen LogP) is 5.70. The molecular formula is C30H48O4. The van der Waals surface area contributed by atoms with E-state index >= 15 is 0 Å². The second kappa shape index (κ2) is 7.42. The molecule has 0 spiro atoms. The predicted molar refractivity (Wildman–Crippen MR) is 134 cm³/mol. The molecule has 0 bridgehead atoms. The minimum atomic E-state index is -0.841. The molecule has 34 heavy (non-hydrogen) atoms. The Bertz CT molecular complexity index is 903. The van der Waals surface area contributed by atoms with Crippen LogP contribution in [0.15, 0.2) is 11.6 Å². The summed E-state index contributed by atoms with van der Waals surface area (Å²) in [6, 6.07) is 0. The van der Waals surface area contributed by atoms with Crippen LogP contribution in [0.3, 0.4) is 0 Å². The van der Waals surface area contributed by atoms with Crippen LogP contribution in [0.1, 0.15) is 100 Å². The fraction of sp³-hybridized carbons (Fsp3) is 0.900. The van der Waals surface area contributed by atoms with Crippen LogP contribution in [0.4, 0.5) is 0 Å². The molecule has 10 atom stereocenters. The van der Waals surface area contributed by atoms with Gasteiger partial charge in [-0.05, 0) is 92.3 Å². The summed E-state index contributed by atoms with van der Waals surface area (Å²) in [5.41, 5.74) is 1.24. The van der Waals surface area contributed by atoms with E-state index < -0.39 is 17.8 Å². The van der Waals surface area contributed by atoms with Crippen LogP contribution in [0, 0.1) is 45.3 Å². The van der Waals surface area contributed by atoms with Gasteiger partial charge in [0.2, 0.25) is 0 Å². The molecule has 0 aromatic heterocycles. The molecule has 5 aliphatic rings. The SMILES string of the molecule is C[C@@H]([C@@H]1OC(C)(C)[C@@H](O)[C@H]1O)[C@@H]1CC[C@]2(C)C3=CC[C@H]4C(C)(C)C(=O)CC[C@]4(C)[C@H]3CC[C@@]12C. The Morgan fingerprint density at radius 1 is 1.00 bits per heavy atom. The largest absolute Gasteiger partial charge is 0.388 e. The second-order valence-corrected chi connectivity index (χ2v) is 14.6. The highest BCUT2D eigenvalue weighted by atomic mass is 16.6. The van der Waals surface area contributed by atoms with Crippen LogP contribution < -0.4 is 0 Å². The van der Waals surface area contributed by atoms with Crippen molar-refractivity contribution in [1.82, 2.24) is 0 Å². The number of ether oxygens (including phenoxy) is 1. The van der Waals surface area contributed by atoms with Crippen molar-refractivity contribution in [2.75, 3.05) is 0 Å². The van der Waals surface area contributed by atoms with Gasteiger partial charge in [0.15, 0.2) is 0 Å². The molecule has 0 amide bonds. The Kier molecular flexibility index (Phi) is 5.44. The first kappa shape index (κ1) is 25.0. The van der Waals surface area contributed by atoms with Crippen molar-refractivity contribution in [3.63, 3.8) is 0 Å². The monoisotopic (exact) mass is 472 g/mol. The summed E-state index contributed by atoms with van der Waals surface area (Å²) < 4.78 is 6.28. The molecule has 4 heteroatoms. The summed E-state index contributed by atoms with van der Waals surface area (Å²) in [6.07, 6.45) is 8.07. The molecule has 0 aromatic carbocycles. The topological polar surface area (TPSA) is 66.8 Å². The molecule has 1 saturated heterocycles. The number of aliphatic hydroxyl groups excluding tert-OH is 2.